The zero-order valence-electron chi connectivity index (χ0n) is 17.9. The van der Waals surface area contributed by atoms with Gasteiger partial charge in [0.25, 0.3) is 0 Å². The van der Waals surface area contributed by atoms with Crippen LogP contribution in [0.1, 0.15) is 30.4 Å². The van der Waals surface area contributed by atoms with Gasteiger partial charge in [0.15, 0.2) is 5.69 Å². The highest BCUT2D eigenvalue weighted by molar-refractivity contribution is 7.89. The van der Waals surface area contributed by atoms with E-state index in [0.717, 1.165) is 4.68 Å². The largest absolute Gasteiger partial charge is 0.436 e. The van der Waals surface area contributed by atoms with Crippen LogP contribution < -0.4 is 0 Å². The Hall–Kier alpha value is -2.12. The second-order valence-corrected chi connectivity index (χ2v) is 9.72. The van der Waals surface area contributed by atoms with E-state index in [-0.39, 0.29) is 55.6 Å². The Balaban J connectivity index is 1.60. The van der Waals surface area contributed by atoms with Gasteiger partial charge in [0.05, 0.1) is 23.0 Å². The molecule has 2 aromatic rings. The fourth-order valence-electron chi connectivity index (χ4n) is 3.51. The van der Waals surface area contributed by atoms with Crippen LogP contribution >= 0.6 is 11.6 Å². The third-order valence-corrected chi connectivity index (χ3v) is 7.83. The summed E-state index contributed by atoms with van der Waals surface area (Å²) < 4.78 is 68.6. The van der Waals surface area contributed by atoms with Gasteiger partial charge in [-0.25, -0.2) is 8.42 Å². The highest BCUT2D eigenvalue weighted by Crippen LogP contribution is 2.35. The molecule has 0 aromatic carbocycles. The zero-order valence-corrected chi connectivity index (χ0v) is 19.4. The van der Waals surface area contributed by atoms with Crippen molar-refractivity contribution in [2.45, 2.75) is 51.4 Å². The van der Waals surface area contributed by atoms with Gasteiger partial charge in [0.1, 0.15) is 4.90 Å². The number of halogens is 4. The van der Waals surface area contributed by atoms with Crippen LogP contribution in [0.25, 0.3) is 0 Å². The predicted octanol–water partition coefficient (Wildman–Crippen LogP) is 2.31. The van der Waals surface area contributed by atoms with Gasteiger partial charge in [-0.15, -0.1) is 0 Å². The molecule has 1 fully saturated rings. The quantitative estimate of drug-likeness (QED) is 0.612. The average molecular weight is 497 g/mol. The molecular formula is C18H24ClF3N6O3S. The van der Waals surface area contributed by atoms with E-state index in [0.29, 0.717) is 12.2 Å². The lowest BCUT2D eigenvalue weighted by atomic mass is 10.3. The van der Waals surface area contributed by atoms with Gasteiger partial charge in [-0.3, -0.25) is 14.2 Å². The maximum absolute atomic E-state index is 12.9. The fourth-order valence-corrected chi connectivity index (χ4v) is 5.35. The van der Waals surface area contributed by atoms with E-state index >= 15 is 0 Å². The van der Waals surface area contributed by atoms with Crippen molar-refractivity contribution in [3.05, 3.63) is 28.3 Å². The van der Waals surface area contributed by atoms with Crippen LogP contribution in [0.4, 0.5) is 13.2 Å². The lowest BCUT2D eigenvalue weighted by molar-refractivity contribution is -0.141. The Morgan fingerprint density at radius 1 is 1.16 bits per heavy atom. The molecule has 0 unspecified atom stereocenters. The number of aromatic nitrogens is 4. The van der Waals surface area contributed by atoms with Crippen molar-refractivity contribution in [1.82, 2.24) is 28.8 Å². The number of carbonyl (C=O) groups is 1. The maximum atomic E-state index is 12.9. The molecule has 32 heavy (non-hydrogen) atoms. The number of amides is 1. The minimum absolute atomic E-state index is 0.0611. The van der Waals surface area contributed by atoms with Gasteiger partial charge in [0.2, 0.25) is 15.9 Å². The molecule has 1 amide bonds. The molecule has 2 aromatic heterocycles. The van der Waals surface area contributed by atoms with E-state index in [9.17, 15) is 26.4 Å². The van der Waals surface area contributed by atoms with Crippen LogP contribution in [-0.4, -0.2) is 69.3 Å². The molecule has 0 bridgehead atoms. The summed E-state index contributed by atoms with van der Waals surface area (Å²) in [7, 11) is -3.73. The van der Waals surface area contributed by atoms with Crippen molar-refractivity contribution < 1.29 is 26.4 Å². The number of rotatable bonds is 6. The van der Waals surface area contributed by atoms with Crippen LogP contribution in [0.3, 0.4) is 0 Å². The molecule has 0 saturated carbocycles. The molecule has 0 spiro atoms. The Kier molecular flexibility index (Phi) is 6.91. The summed E-state index contributed by atoms with van der Waals surface area (Å²) in [6, 6.07) is 0. The highest BCUT2D eigenvalue weighted by atomic mass is 35.5. The van der Waals surface area contributed by atoms with Crippen LogP contribution in [0.15, 0.2) is 11.1 Å². The van der Waals surface area contributed by atoms with Gasteiger partial charge in [-0.1, -0.05) is 11.6 Å². The standard InChI is InChI=1S/C18H24ClF3N6O3S/c1-4-26-11-14(12(2)23-26)32(30,31)27-9-7-25(8-10-27)15(29)5-6-28-13(3)16(19)17(24-28)18(20,21)22/h11H,4-10H2,1-3H3. The van der Waals surface area contributed by atoms with Crippen molar-refractivity contribution in [1.29, 1.82) is 0 Å². The zero-order chi connectivity index (χ0) is 23.8. The van der Waals surface area contributed by atoms with Crippen molar-refractivity contribution in [2.24, 2.45) is 0 Å². The van der Waals surface area contributed by atoms with E-state index < -0.39 is 26.9 Å². The maximum Gasteiger partial charge on any atom is 0.436 e. The molecule has 14 heteroatoms. The number of aryl methyl sites for hydroxylation is 3. The molecule has 3 heterocycles. The number of alkyl halides is 3. The second kappa shape index (κ2) is 9.02. The molecule has 0 radical (unpaired) electrons. The molecule has 9 nitrogen and oxygen atoms in total. The van der Waals surface area contributed by atoms with E-state index in [1.165, 1.54) is 22.3 Å². The van der Waals surface area contributed by atoms with E-state index in [2.05, 4.69) is 10.2 Å². The molecule has 178 valence electrons. The molecule has 0 aliphatic carbocycles. The Labute approximate surface area is 188 Å². The van der Waals surface area contributed by atoms with Gasteiger partial charge in [0, 0.05) is 45.3 Å². The molecule has 0 atom stereocenters. The van der Waals surface area contributed by atoms with Crippen molar-refractivity contribution >= 4 is 27.5 Å². The van der Waals surface area contributed by atoms with E-state index in [4.69, 9.17) is 11.6 Å². The Bertz CT molecular complexity index is 1100. The first kappa shape index (κ1) is 24.5. The van der Waals surface area contributed by atoms with Crippen LogP contribution in [0.5, 0.6) is 0 Å². The van der Waals surface area contributed by atoms with E-state index in [1.807, 2.05) is 6.92 Å². The summed E-state index contributed by atoms with van der Waals surface area (Å²) in [4.78, 5) is 14.2. The molecular weight excluding hydrogens is 473 g/mol. The smallest absolute Gasteiger partial charge is 0.340 e. The van der Waals surface area contributed by atoms with Gasteiger partial charge in [-0.2, -0.15) is 27.7 Å². The van der Waals surface area contributed by atoms with Gasteiger partial charge >= 0.3 is 6.18 Å². The molecule has 1 aliphatic heterocycles. The molecule has 0 N–H and O–H groups in total. The Morgan fingerprint density at radius 2 is 1.78 bits per heavy atom. The van der Waals surface area contributed by atoms with Gasteiger partial charge < -0.3 is 4.90 Å². The summed E-state index contributed by atoms with van der Waals surface area (Å²) in [5.74, 6) is -0.295. The third kappa shape index (κ3) is 4.79. The minimum Gasteiger partial charge on any atom is -0.340 e. The van der Waals surface area contributed by atoms with Gasteiger partial charge in [-0.05, 0) is 20.8 Å². The van der Waals surface area contributed by atoms with E-state index in [1.54, 1.807) is 11.6 Å². The number of hydrogen-bond acceptors (Lipinski definition) is 5. The lowest BCUT2D eigenvalue weighted by Crippen LogP contribution is -2.50. The highest BCUT2D eigenvalue weighted by Gasteiger charge is 2.38. The molecule has 1 saturated heterocycles. The Morgan fingerprint density at radius 3 is 2.28 bits per heavy atom. The van der Waals surface area contributed by atoms with Crippen molar-refractivity contribution in [3.8, 4) is 0 Å². The van der Waals surface area contributed by atoms with Crippen LogP contribution in [0, 0.1) is 13.8 Å². The fraction of sp³-hybridized carbons (Fsp3) is 0.611. The normalized spacial score (nSPS) is 16.0. The second-order valence-electron chi connectivity index (χ2n) is 7.44. The number of hydrogen-bond donors (Lipinski definition) is 0. The predicted molar refractivity (Wildman–Crippen MR) is 110 cm³/mol. The SMILES string of the molecule is CCn1cc(S(=O)(=O)N2CCN(C(=O)CCn3nc(C(F)(F)F)c(Cl)c3C)CC2)c(C)n1. The molecule has 3 rings (SSSR count). The first-order valence-electron chi connectivity index (χ1n) is 9.98. The minimum atomic E-state index is -4.68. The number of nitrogens with zero attached hydrogens (tertiary/aromatic N) is 6. The summed E-state index contributed by atoms with van der Waals surface area (Å²) in [6.07, 6.45) is -3.26. The third-order valence-electron chi connectivity index (χ3n) is 5.37. The number of sulfonamides is 1. The summed E-state index contributed by atoms with van der Waals surface area (Å²) in [6.45, 7) is 5.99. The average Bonchev–Trinajstić information content (AvgIpc) is 3.26. The topological polar surface area (TPSA) is 93.3 Å². The summed E-state index contributed by atoms with van der Waals surface area (Å²) >= 11 is 5.73. The van der Waals surface area contributed by atoms with Crippen molar-refractivity contribution in [3.63, 3.8) is 0 Å². The van der Waals surface area contributed by atoms with Crippen LogP contribution in [-0.2, 0) is 34.1 Å². The number of carbonyl (C=O) groups excluding carboxylic acids is 1. The lowest BCUT2D eigenvalue weighted by Gasteiger charge is -2.34. The summed E-state index contributed by atoms with van der Waals surface area (Å²) in [5.41, 5.74) is -0.632. The summed E-state index contributed by atoms with van der Waals surface area (Å²) in [5, 5.41) is 7.18. The first-order chi connectivity index (χ1) is 14.9. The monoisotopic (exact) mass is 496 g/mol. The molecule has 1 aliphatic rings. The van der Waals surface area contributed by atoms with Crippen LogP contribution in [0.2, 0.25) is 5.02 Å². The first-order valence-corrected chi connectivity index (χ1v) is 11.8. The number of piperazine rings is 1. The van der Waals surface area contributed by atoms with Crippen molar-refractivity contribution in [2.75, 3.05) is 26.2 Å².